The van der Waals surface area contributed by atoms with E-state index in [1.54, 1.807) is 17.0 Å². The van der Waals surface area contributed by atoms with E-state index >= 15 is 4.39 Å². The van der Waals surface area contributed by atoms with Crippen molar-refractivity contribution in [3.63, 3.8) is 0 Å². The van der Waals surface area contributed by atoms with E-state index < -0.39 is 18.0 Å². The first-order chi connectivity index (χ1) is 18.4. The van der Waals surface area contributed by atoms with Gasteiger partial charge < -0.3 is 35.1 Å². The molecule has 2 aliphatic heterocycles. The van der Waals surface area contributed by atoms with Crippen molar-refractivity contribution in [1.29, 1.82) is 0 Å². The largest absolute Gasteiger partial charge is 0.453 e. The van der Waals surface area contributed by atoms with Gasteiger partial charge in [-0.2, -0.15) is 0 Å². The molecule has 0 radical (unpaired) electrons. The number of urea groups is 1. The maximum absolute atomic E-state index is 15.1. The lowest BCUT2D eigenvalue weighted by Gasteiger charge is -2.38. The summed E-state index contributed by atoms with van der Waals surface area (Å²) in [6.45, 7) is 3.69. The molecule has 4 unspecified atom stereocenters. The van der Waals surface area contributed by atoms with Crippen LogP contribution in [0.1, 0.15) is 50.2 Å². The fourth-order valence-corrected chi connectivity index (χ4v) is 5.57. The average Bonchev–Trinajstić information content (AvgIpc) is 3.19. The third-order valence-corrected chi connectivity index (χ3v) is 7.57. The van der Waals surface area contributed by atoms with Crippen molar-refractivity contribution < 1.29 is 28.2 Å². The van der Waals surface area contributed by atoms with E-state index in [0.717, 1.165) is 51.7 Å². The van der Waals surface area contributed by atoms with Gasteiger partial charge in [0.15, 0.2) is 0 Å². The molecule has 0 bridgehead atoms. The monoisotopic (exact) mass is 556 g/mol. The lowest BCUT2D eigenvalue weighted by molar-refractivity contribution is -0.0106. The number of ether oxygens (including phenoxy) is 3. The number of benzene rings is 1. The zero-order valence-corrected chi connectivity index (χ0v) is 23.2. The molecule has 0 aromatic heterocycles. The number of carbonyl (C=O) groups excluding carboxylic acids is 2. The van der Waals surface area contributed by atoms with E-state index in [4.69, 9.17) is 21.1 Å². The standard InChI is InChI=1S/C27H42ClFN4O5/c1-30-17-21(16-19-6-5-13-37-14-10-19)32-26(34)33-12-4-7-20(18-33)25(38-15-11-31-27(35)36-2)22-8-3-9-23(28)24(22)29/h3,8-9,19-21,25,30H,4-7,10-18H2,1-2H3,(H,31,35)(H,32,34). The van der Waals surface area contributed by atoms with E-state index in [9.17, 15) is 9.59 Å². The molecule has 214 valence electrons. The Morgan fingerprint density at radius 3 is 2.87 bits per heavy atom. The predicted octanol–water partition coefficient (Wildman–Crippen LogP) is 4.11. The first-order valence-corrected chi connectivity index (χ1v) is 14.0. The van der Waals surface area contributed by atoms with Crippen LogP contribution in [-0.4, -0.2) is 83.2 Å². The number of hydrogen-bond donors (Lipinski definition) is 3. The van der Waals surface area contributed by atoms with Gasteiger partial charge in [0, 0.05) is 56.9 Å². The van der Waals surface area contributed by atoms with Crippen molar-refractivity contribution in [2.24, 2.45) is 11.8 Å². The van der Waals surface area contributed by atoms with Crippen molar-refractivity contribution >= 4 is 23.7 Å². The molecule has 1 aromatic rings. The summed E-state index contributed by atoms with van der Waals surface area (Å²) in [7, 11) is 3.18. The second-order valence-corrected chi connectivity index (χ2v) is 10.5. The number of piperidine rings is 1. The number of likely N-dealkylation sites (tertiary alicyclic amines) is 1. The number of methoxy groups -OCH3 is 1. The highest BCUT2D eigenvalue weighted by Crippen LogP contribution is 2.36. The summed E-state index contributed by atoms with van der Waals surface area (Å²) < 4.78 is 31.3. The van der Waals surface area contributed by atoms with Gasteiger partial charge >= 0.3 is 12.1 Å². The first kappa shape index (κ1) is 30.4. The molecule has 3 rings (SSSR count). The number of likely N-dealkylation sites (N-methyl/N-ethyl adjacent to an activating group) is 1. The molecule has 3 amide bonds. The maximum Gasteiger partial charge on any atom is 0.406 e. The Morgan fingerprint density at radius 1 is 1.24 bits per heavy atom. The second kappa shape index (κ2) is 16.1. The Hall–Kier alpha value is -2.14. The number of nitrogens with zero attached hydrogens (tertiary/aromatic N) is 1. The Kier molecular flexibility index (Phi) is 12.9. The molecule has 11 heteroatoms. The minimum atomic E-state index is -0.622. The molecule has 2 heterocycles. The van der Waals surface area contributed by atoms with Crippen molar-refractivity contribution in [2.75, 3.05) is 60.2 Å². The number of rotatable bonds is 11. The van der Waals surface area contributed by atoms with Crippen LogP contribution in [0.5, 0.6) is 0 Å². The van der Waals surface area contributed by atoms with Gasteiger partial charge in [0.1, 0.15) is 5.82 Å². The van der Waals surface area contributed by atoms with Gasteiger partial charge in [-0.1, -0.05) is 23.7 Å². The van der Waals surface area contributed by atoms with Crippen LogP contribution < -0.4 is 16.0 Å². The summed E-state index contributed by atoms with van der Waals surface area (Å²) in [6, 6.07) is 4.75. The van der Waals surface area contributed by atoms with Gasteiger partial charge in [-0.15, -0.1) is 0 Å². The number of carbonyl (C=O) groups is 2. The van der Waals surface area contributed by atoms with Crippen molar-refractivity contribution in [3.05, 3.63) is 34.6 Å². The first-order valence-electron chi connectivity index (χ1n) is 13.6. The Labute approximate surface area is 230 Å². The van der Waals surface area contributed by atoms with Crippen molar-refractivity contribution in [1.82, 2.24) is 20.9 Å². The number of hydrogen-bond acceptors (Lipinski definition) is 6. The second-order valence-electron chi connectivity index (χ2n) is 10.1. The smallest absolute Gasteiger partial charge is 0.406 e. The van der Waals surface area contributed by atoms with Gasteiger partial charge in [0.05, 0.1) is 24.8 Å². The number of amides is 3. The molecular formula is C27H42ClFN4O5. The van der Waals surface area contributed by atoms with Crippen LogP contribution in [0.15, 0.2) is 18.2 Å². The Morgan fingerprint density at radius 2 is 2.08 bits per heavy atom. The molecule has 3 N–H and O–H groups in total. The van der Waals surface area contributed by atoms with E-state index in [-0.39, 0.29) is 36.2 Å². The van der Waals surface area contributed by atoms with Gasteiger partial charge in [-0.3, -0.25) is 0 Å². The van der Waals surface area contributed by atoms with Crippen molar-refractivity contribution in [2.45, 2.75) is 50.7 Å². The van der Waals surface area contributed by atoms with Crippen LogP contribution in [0.3, 0.4) is 0 Å². The van der Waals surface area contributed by atoms with E-state index in [2.05, 4.69) is 20.7 Å². The molecule has 1 aromatic carbocycles. The van der Waals surface area contributed by atoms with Crippen LogP contribution in [0.25, 0.3) is 0 Å². The highest BCUT2D eigenvalue weighted by molar-refractivity contribution is 6.30. The van der Waals surface area contributed by atoms with E-state index in [1.807, 2.05) is 7.05 Å². The normalized spacial score (nSPS) is 21.7. The molecule has 2 aliphatic rings. The zero-order valence-electron chi connectivity index (χ0n) is 22.5. The number of halogens is 2. The zero-order chi connectivity index (χ0) is 27.3. The maximum atomic E-state index is 15.1. The van der Waals surface area contributed by atoms with Crippen LogP contribution in [0.4, 0.5) is 14.0 Å². The fraction of sp³-hybridized carbons (Fsp3) is 0.704. The molecule has 0 spiro atoms. The number of alkyl carbamates (subject to hydrolysis) is 1. The Bertz CT molecular complexity index is 887. The molecule has 0 aliphatic carbocycles. The highest BCUT2D eigenvalue weighted by Gasteiger charge is 2.33. The van der Waals surface area contributed by atoms with Crippen LogP contribution in [0, 0.1) is 17.7 Å². The minimum absolute atomic E-state index is 0.0118. The lowest BCUT2D eigenvalue weighted by atomic mass is 9.88. The molecule has 4 atom stereocenters. The van der Waals surface area contributed by atoms with Gasteiger partial charge in [-0.05, 0) is 57.6 Å². The van der Waals surface area contributed by atoms with Crippen LogP contribution in [-0.2, 0) is 14.2 Å². The molecule has 38 heavy (non-hydrogen) atoms. The third-order valence-electron chi connectivity index (χ3n) is 7.28. The lowest BCUT2D eigenvalue weighted by Crippen LogP contribution is -2.52. The molecule has 9 nitrogen and oxygen atoms in total. The summed E-state index contributed by atoms with van der Waals surface area (Å²) in [5.41, 5.74) is 0.353. The average molecular weight is 557 g/mol. The summed E-state index contributed by atoms with van der Waals surface area (Å²) >= 11 is 6.08. The van der Waals surface area contributed by atoms with Crippen molar-refractivity contribution in [3.8, 4) is 0 Å². The summed E-state index contributed by atoms with van der Waals surface area (Å²) in [4.78, 5) is 26.6. The van der Waals surface area contributed by atoms with Gasteiger partial charge in [0.2, 0.25) is 0 Å². The molecular weight excluding hydrogens is 515 g/mol. The fourth-order valence-electron chi connectivity index (χ4n) is 5.39. The quantitative estimate of drug-likeness (QED) is 0.355. The highest BCUT2D eigenvalue weighted by atomic mass is 35.5. The van der Waals surface area contributed by atoms with Gasteiger partial charge in [-0.25, -0.2) is 14.0 Å². The minimum Gasteiger partial charge on any atom is -0.453 e. The van der Waals surface area contributed by atoms with E-state index in [0.29, 0.717) is 31.1 Å². The molecule has 2 fully saturated rings. The van der Waals surface area contributed by atoms with Gasteiger partial charge in [0.25, 0.3) is 0 Å². The SMILES string of the molecule is CNCC(CC1CCCOCC1)NC(=O)N1CCCC(C(OCCNC(=O)OC)c2cccc(Cl)c2F)C1. The van der Waals surface area contributed by atoms with Crippen LogP contribution in [0.2, 0.25) is 5.02 Å². The summed E-state index contributed by atoms with van der Waals surface area (Å²) in [5.74, 6) is -0.141. The third kappa shape index (κ3) is 9.25. The van der Waals surface area contributed by atoms with E-state index in [1.165, 1.54) is 13.2 Å². The molecule has 2 saturated heterocycles. The van der Waals surface area contributed by atoms with Crippen LogP contribution >= 0.6 is 11.6 Å². The molecule has 0 saturated carbocycles. The Balaban J connectivity index is 1.66. The summed E-state index contributed by atoms with van der Waals surface area (Å²) in [6.07, 6.45) is 4.43. The number of nitrogens with one attached hydrogen (secondary N) is 3. The topological polar surface area (TPSA) is 101 Å². The summed E-state index contributed by atoms with van der Waals surface area (Å²) in [5, 5.41) is 9.03. The predicted molar refractivity (Wildman–Crippen MR) is 144 cm³/mol.